The van der Waals surface area contributed by atoms with Crippen molar-refractivity contribution < 1.29 is 0 Å². The zero-order chi connectivity index (χ0) is 14.1. The van der Waals surface area contributed by atoms with E-state index in [9.17, 15) is 0 Å². The lowest BCUT2D eigenvalue weighted by Crippen LogP contribution is -2.22. The molecule has 3 rings (SSSR count). The highest BCUT2D eigenvalue weighted by molar-refractivity contribution is 5.75. The van der Waals surface area contributed by atoms with Crippen LogP contribution >= 0.6 is 0 Å². The molecule has 0 fully saturated rings. The third kappa shape index (κ3) is 2.20. The van der Waals surface area contributed by atoms with E-state index in [4.69, 9.17) is 4.98 Å². The van der Waals surface area contributed by atoms with Crippen molar-refractivity contribution in [3.63, 3.8) is 0 Å². The maximum absolute atomic E-state index is 4.71. The third-order valence-electron chi connectivity index (χ3n) is 3.72. The van der Waals surface area contributed by atoms with Crippen molar-refractivity contribution in [3.05, 3.63) is 48.0 Å². The van der Waals surface area contributed by atoms with Crippen LogP contribution in [0, 0.1) is 0 Å². The van der Waals surface area contributed by atoms with Gasteiger partial charge in [0.25, 0.3) is 0 Å². The van der Waals surface area contributed by atoms with Gasteiger partial charge in [0.05, 0.1) is 22.8 Å². The molecule has 5 nitrogen and oxygen atoms in total. The molecule has 2 aromatic heterocycles. The minimum atomic E-state index is 0.183. The van der Waals surface area contributed by atoms with Crippen molar-refractivity contribution in [2.75, 3.05) is 0 Å². The van der Waals surface area contributed by atoms with Gasteiger partial charge in [-0.15, -0.1) is 0 Å². The van der Waals surface area contributed by atoms with E-state index in [0.717, 1.165) is 29.1 Å². The number of para-hydroxylation sites is 2. The third-order valence-corrected chi connectivity index (χ3v) is 3.72. The number of rotatable bonds is 4. The van der Waals surface area contributed by atoms with Gasteiger partial charge in [-0.25, -0.2) is 4.98 Å². The molecule has 1 N–H and O–H groups in total. The summed E-state index contributed by atoms with van der Waals surface area (Å²) >= 11 is 0. The van der Waals surface area contributed by atoms with E-state index in [1.165, 1.54) is 0 Å². The normalized spacial score (nSPS) is 12.9. The second kappa shape index (κ2) is 5.09. The van der Waals surface area contributed by atoms with Crippen molar-refractivity contribution in [2.24, 2.45) is 14.1 Å². The lowest BCUT2D eigenvalue weighted by Gasteiger charge is -2.13. The van der Waals surface area contributed by atoms with Gasteiger partial charge in [-0.1, -0.05) is 12.1 Å². The Morgan fingerprint density at radius 2 is 2.00 bits per heavy atom. The lowest BCUT2D eigenvalue weighted by molar-refractivity contribution is 0.515. The average molecular weight is 269 g/mol. The zero-order valence-corrected chi connectivity index (χ0v) is 12.0. The quantitative estimate of drug-likeness (QED) is 0.789. The van der Waals surface area contributed by atoms with Crippen molar-refractivity contribution in [3.8, 4) is 0 Å². The highest BCUT2D eigenvalue weighted by atomic mass is 15.3. The monoisotopic (exact) mass is 269 g/mol. The molecule has 1 unspecified atom stereocenters. The van der Waals surface area contributed by atoms with Gasteiger partial charge in [-0.2, -0.15) is 5.10 Å². The summed E-state index contributed by atoms with van der Waals surface area (Å²) < 4.78 is 4.03. The molecule has 0 aliphatic carbocycles. The van der Waals surface area contributed by atoms with Crippen LogP contribution in [0.15, 0.2) is 36.5 Å². The average Bonchev–Trinajstić information content (AvgIpc) is 3.01. The van der Waals surface area contributed by atoms with Crippen molar-refractivity contribution >= 4 is 11.0 Å². The first kappa shape index (κ1) is 12.9. The van der Waals surface area contributed by atoms with Crippen LogP contribution in [0.3, 0.4) is 0 Å². The number of imidazole rings is 1. The number of hydrogen-bond acceptors (Lipinski definition) is 3. The molecule has 0 amide bonds. The molecule has 1 aromatic carbocycles. The molecule has 2 heterocycles. The first-order valence-electron chi connectivity index (χ1n) is 6.78. The van der Waals surface area contributed by atoms with Gasteiger partial charge in [0.1, 0.15) is 5.82 Å². The Balaban J connectivity index is 1.80. The molecule has 0 bridgehead atoms. The molecule has 0 radical (unpaired) electrons. The molecule has 3 aromatic rings. The SMILES string of the molecule is CC(NCc1ccnn1C)c1nc2ccccc2n1C. The Bertz CT molecular complexity index is 725. The van der Waals surface area contributed by atoms with Gasteiger partial charge < -0.3 is 9.88 Å². The van der Waals surface area contributed by atoms with Crippen LogP contribution in [0.1, 0.15) is 24.5 Å². The van der Waals surface area contributed by atoms with Crippen LogP contribution in [0.5, 0.6) is 0 Å². The number of aromatic nitrogens is 4. The first-order valence-corrected chi connectivity index (χ1v) is 6.78. The second-order valence-electron chi connectivity index (χ2n) is 5.07. The molecule has 0 spiro atoms. The van der Waals surface area contributed by atoms with E-state index in [0.29, 0.717) is 0 Å². The van der Waals surface area contributed by atoms with Crippen molar-refractivity contribution in [2.45, 2.75) is 19.5 Å². The molecule has 0 aliphatic heterocycles. The largest absolute Gasteiger partial charge is 0.330 e. The molecular formula is C15H19N5. The van der Waals surface area contributed by atoms with Crippen molar-refractivity contribution in [1.29, 1.82) is 0 Å². The van der Waals surface area contributed by atoms with Gasteiger partial charge in [0, 0.05) is 26.8 Å². The number of aryl methyl sites for hydroxylation is 2. The summed E-state index contributed by atoms with van der Waals surface area (Å²) in [4.78, 5) is 4.71. The summed E-state index contributed by atoms with van der Waals surface area (Å²) in [6, 6.07) is 10.4. The zero-order valence-electron chi connectivity index (χ0n) is 12.0. The maximum atomic E-state index is 4.71. The smallest absolute Gasteiger partial charge is 0.126 e. The number of hydrogen-bond donors (Lipinski definition) is 1. The van der Waals surface area contributed by atoms with E-state index in [1.807, 2.05) is 42.2 Å². The van der Waals surface area contributed by atoms with E-state index in [1.54, 1.807) is 0 Å². The Morgan fingerprint density at radius 1 is 1.20 bits per heavy atom. The molecule has 0 aliphatic rings. The van der Waals surface area contributed by atoms with Gasteiger partial charge in [-0.05, 0) is 25.1 Å². The fraction of sp³-hybridized carbons (Fsp3) is 0.333. The number of benzene rings is 1. The summed E-state index contributed by atoms with van der Waals surface area (Å²) in [5.41, 5.74) is 3.37. The number of nitrogens with one attached hydrogen (secondary N) is 1. The van der Waals surface area contributed by atoms with E-state index < -0.39 is 0 Å². The predicted molar refractivity (Wildman–Crippen MR) is 79.2 cm³/mol. The summed E-state index contributed by atoms with van der Waals surface area (Å²) in [7, 11) is 4.02. The maximum Gasteiger partial charge on any atom is 0.126 e. The fourth-order valence-electron chi connectivity index (χ4n) is 2.48. The Kier molecular flexibility index (Phi) is 3.28. The number of fused-ring (bicyclic) bond motifs is 1. The Morgan fingerprint density at radius 3 is 2.70 bits per heavy atom. The minimum absolute atomic E-state index is 0.183. The van der Waals surface area contributed by atoms with Crippen LogP contribution in [-0.2, 0) is 20.6 Å². The van der Waals surface area contributed by atoms with Crippen LogP contribution in [0.2, 0.25) is 0 Å². The summed E-state index contributed by atoms with van der Waals surface area (Å²) in [5.74, 6) is 1.05. The second-order valence-corrected chi connectivity index (χ2v) is 5.07. The van der Waals surface area contributed by atoms with E-state index in [-0.39, 0.29) is 6.04 Å². The van der Waals surface area contributed by atoms with Gasteiger partial charge in [0.2, 0.25) is 0 Å². The number of nitrogens with zero attached hydrogens (tertiary/aromatic N) is 4. The van der Waals surface area contributed by atoms with Crippen molar-refractivity contribution in [1.82, 2.24) is 24.6 Å². The molecular weight excluding hydrogens is 250 g/mol. The van der Waals surface area contributed by atoms with Crippen LogP contribution in [-0.4, -0.2) is 19.3 Å². The topological polar surface area (TPSA) is 47.7 Å². The summed E-state index contributed by atoms with van der Waals surface area (Å²) in [6.45, 7) is 2.92. The van der Waals surface area contributed by atoms with Gasteiger partial charge >= 0.3 is 0 Å². The van der Waals surface area contributed by atoms with Crippen LogP contribution in [0.25, 0.3) is 11.0 Å². The first-order chi connectivity index (χ1) is 9.66. The molecule has 5 heteroatoms. The summed E-state index contributed by atoms with van der Waals surface area (Å²) in [5, 5.41) is 7.68. The molecule has 20 heavy (non-hydrogen) atoms. The van der Waals surface area contributed by atoms with E-state index in [2.05, 4.69) is 35.0 Å². The molecule has 1 atom stereocenters. The highest BCUT2D eigenvalue weighted by Crippen LogP contribution is 2.19. The van der Waals surface area contributed by atoms with Gasteiger partial charge in [-0.3, -0.25) is 4.68 Å². The molecule has 104 valence electrons. The van der Waals surface area contributed by atoms with Crippen LogP contribution in [0.4, 0.5) is 0 Å². The van der Waals surface area contributed by atoms with Crippen LogP contribution < -0.4 is 5.32 Å². The van der Waals surface area contributed by atoms with Gasteiger partial charge in [0.15, 0.2) is 0 Å². The molecule has 0 saturated heterocycles. The highest BCUT2D eigenvalue weighted by Gasteiger charge is 2.14. The standard InChI is InChI=1S/C15H19N5/c1-11(16-10-12-8-9-17-20(12)3)15-18-13-6-4-5-7-14(13)19(15)2/h4-9,11,16H,10H2,1-3H3. The predicted octanol–water partition coefficient (Wildman–Crippen LogP) is 2.16. The minimum Gasteiger partial charge on any atom is -0.330 e. The van der Waals surface area contributed by atoms with E-state index >= 15 is 0 Å². The lowest BCUT2D eigenvalue weighted by atomic mass is 10.3. The summed E-state index contributed by atoms with van der Waals surface area (Å²) in [6.07, 6.45) is 1.82. The molecule has 0 saturated carbocycles. The Hall–Kier alpha value is -2.14. The Labute approximate surface area is 118 Å². The fourth-order valence-corrected chi connectivity index (χ4v) is 2.48.